The zero-order valence-corrected chi connectivity index (χ0v) is 14.7. The van der Waals surface area contributed by atoms with E-state index in [2.05, 4.69) is 6.58 Å². The van der Waals surface area contributed by atoms with Gasteiger partial charge in [0.2, 0.25) is 0 Å². The van der Waals surface area contributed by atoms with Crippen molar-refractivity contribution >= 4 is 0 Å². The molecule has 7 atom stereocenters. The summed E-state index contributed by atoms with van der Waals surface area (Å²) in [4.78, 5) is 0. The lowest BCUT2D eigenvalue weighted by Crippen LogP contribution is -2.68. The Hall–Kier alpha value is -0.620. The van der Waals surface area contributed by atoms with Crippen molar-refractivity contribution in [2.24, 2.45) is 0 Å². The van der Waals surface area contributed by atoms with E-state index in [4.69, 9.17) is 9.47 Å². The summed E-state index contributed by atoms with van der Waals surface area (Å²) in [5.41, 5.74) is -2.66. The minimum Gasteiger partial charge on any atom is -0.394 e. The van der Waals surface area contributed by atoms with Crippen LogP contribution < -0.4 is 0 Å². The first kappa shape index (κ1) is 22.4. The summed E-state index contributed by atoms with van der Waals surface area (Å²) in [7, 11) is 0. The fraction of sp³-hybridized carbons (Fsp3) is 0.875. The van der Waals surface area contributed by atoms with E-state index in [0.29, 0.717) is 0 Å². The monoisotopic (exact) mass is 366 g/mol. The molecule has 1 saturated heterocycles. The van der Waals surface area contributed by atoms with Gasteiger partial charge in [-0.3, -0.25) is 0 Å². The van der Waals surface area contributed by atoms with Crippen LogP contribution in [0.15, 0.2) is 12.7 Å². The zero-order valence-electron chi connectivity index (χ0n) is 14.7. The van der Waals surface area contributed by atoms with Crippen LogP contribution in [0.5, 0.6) is 0 Å². The second-order valence-electron chi connectivity index (χ2n) is 7.22. The van der Waals surface area contributed by atoms with Gasteiger partial charge in [-0.25, -0.2) is 0 Å². The smallest absolute Gasteiger partial charge is 0.311 e. The van der Waals surface area contributed by atoms with E-state index < -0.39 is 54.3 Å². The van der Waals surface area contributed by atoms with E-state index in [9.17, 15) is 35.7 Å². The van der Waals surface area contributed by atoms with Gasteiger partial charge in [0.1, 0.15) is 18.3 Å². The molecule has 0 spiro atoms. The lowest BCUT2D eigenvalue weighted by atomic mass is 9.91. The van der Waals surface area contributed by atoms with Crippen molar-refractivity contribution in [3.8, 4) is 0 Å². The minimum absolute atomic E-state index is 0.0762. The largest absolute Gasteiger partial charge is 0.394 e. The van der Waals surface area contributed by atoms with Crippen LogP contribution in [-0.2, 0) is 9.47 Å². The average Bonchev–Trinajstić information content (AvgIpc) is 2.53. The molecule has 0 bridgehead atoms. The molecule has 0 saturated carbocycles. The fourth-order valence-electron chi connectivity index (χ4n) is 2.53. The molecule has 1 aliphatic heterocycles. The number of hydrogen-bond acceptors (Lipinski definition) is 9. The molecule has 9 nitrogen and oxygen atoms in total. The Morgan fingerprint density at radius 1 is 1.24 bits per heavy atom. The van der Waals surface area contributed by atoms with Gasteiger partial charge in [-0.05, 0) is 33.6 Å². The maximum Gasteiger partial charge on any atom is 0.311 e. The van der Waals surface area contributed by atoms with Gasteiger partial charge in [0.05, 0.1) is 23.9 Å². The maximum absolute atomic E-state index is 10.4. The highest BCUT2D eigenvalue weighted by atomic mass is 16.8. The highest BCUT2D eigenvalue weighted by Gasteiger charge is 2.56. The van der Waals surface area contributed by atoms with Gasteiger partial charge >= 0.3 is 5.97 Å². The van der Waals surface area contributed by atoms with Gasteiger partial charge in [0.15, 0.2) is 6.10 Å². The summed E-state index contributed by atoms with van der Waals surface area (Å²) in [5.74, 6) is -2.75. The third-order valence-electron chi connectivity index (χ3n) is 4.50. The van der Waals surface area contributed by atoms with Crippen molar-refractivity contribution in [3.05, 3.63) is 12.7 Å². The molecule has 0 aliphatic carbocycles. The van der Waals surface area contributed by atoms with Crippen LogP contribution in [0.1, 0.15) is 33.6 Å². The first-order valence-electron chi connectivity index (χ1n) is 8.09. The summed E-state index contributed by atoms with van der Waals surface area (Å²) in [6.07, 6.45) is -6.50. The first-order chi connectivity index (χ1) is 11.3. The molecule has 0 aromatic heterocycles. The second kappa shape index (κ2) is 7.95. The Labute approximate surface area is 146 Å². The van der Waals surface area contributed by atoms with E-state index in [0.717, 1.165) is 0 Å². The Morgan fingerprint density at radius 3 is 2.28 bits per heavy atom. The van der Waals surface area contributed by atoms with Gasteiger partial charge in [-0.2, -0.15) is 0 Å². The van der Waals surface area contributed by atoms with Crippen LogP contribution in [0.2, 0.25) is 0 Å². The van der Waals surface area contributed by atoms with E-state index in [1.54, 1.807) is 0 Å². The van der Waals surface area contributed by atoms with Gasteiger partial charge in [0.25, 0.3) is 0 Å². The molecule has 25 heavy (non-hydrogen) atoms. The molecule has 1 rings (SSSR count). The molecule has 7 N–H and O–H groups in total. The molecule has 0 radical (unpaired) electrons. The standard InChI is InChI=1S/C16H30O9/c1-5-15(4,22)7-6-10(18)14(2,3)25-16(23)13(21)12(20)11(19)9(8-17)24-16/h5,9-13,17-23H,1,6-8H2,2-4H3. The van der Waals surface area contributed by atoms with Crippen molar-refractivity contribution < 1.29 is 45.2 Å². The Kier molecular flexibility index (Phi) is 7.13. The van der Waals surface area contributed by atoms with Crippen molar-refractivity contribution in [2.45, 2.75) is 81.3 Å². The van der Waals surface area contributed by atoms with Gasteiger partial charge in [0, 0.05) is 0 Å². The predicted molar refractivity (Wildman–Crippen MR) is 86.2 cm³/mol. The summed E-state index contributed by atoms with van der Waals surface area (Å²) in [6.45, 7) is 7.11. The second-order valence-corrected chi connectivity index (χ2v) is 7.22. The van der Waals surface area contributed by atoms with E-state index in [1.807, 2.05) is 0 Å². The van der Waals surface area contributed by atoms with Crippen LogP contribution in [0, 0.1) is 0 Å². The quantitative estimate of drug-likeness (QED) is 0.190. The zero-order chi connectivity index (χ0) is 19.6. The van der Waals surface area contributed by atoms with Gasteiger partial charge in [-0.15, -0.1) is 6.58 Å². The summed E-state index contributed by atoms with van der Waals surface area (Å²) >= 11 is 0. The van der Waals surface area contributed by atoms with E-state index >= 15 is 0 Å². The lowest BCUT2D eigenvalue weighted by Gasteiger charge is -2.48. The highest BCUT2D eigenvalue weighted by molar-refractivity contribution is 4.96. The van der Waals surface area contributed by atoms with Crippen molar-refractivity contribution in [1.82, 2.24) is 0 Å². The molecule has 1 fully saturated rings. The minimum atomic E-state index is -2.75. The van der Waals surface area contributed by atoms with Crippen LogP contribution >= 0.6 is 0 Å². The molecule has 0 aromatic carbocycles. The SMILES string of the molecule is C=CC(C)(O)CCC(O)C(C)(C)OC1(O)OC(CO)C(O)C(O)C1O. The number of ether oxygens (including phenoxy) is 2. The van der Waals surface area contributed by atoms with Crippen molar-refractivity contribution in [3.63, 3.8) is 0 Å². The summed E-state index contributed by atoms with van der Waals surface area (Å²) < 4.78 is 10.4. The lowest BCUT2D eigenvalue weighted by molar-refractivity contribution is -0.472. The number of aliphatic hydroxyl groups is 7. The first-order valence-corrected chi connectivity index (χ1v) is 8.09. The molecule has 148 valence electrons. The van der Waals surface area contributed by atoms with E-state index in [-0.39, 0.29) is 12.8 Å². The topological polar surface area (TPSA) is 160 Å². The number of rotatable bonds is 8. The van der Waals surface area contributed by atoms with Crippen LogP contribution in [0.3, 0.4) is 0 Å². The fourth-order valence-corrected chi connectivity index (χ4v) is 2.53. The van der Waals surface area contributed by atoms with Gasteiger partial charge in [-0.1, -0.05) is 6.08 Å². The normalized spacial score (nSPS) is 37.4. The Balaban J connectivity index is 2.86. The molecule has 0 amide bonds. The molecular formula is C16H30O9. The molecular weight excluding hydrogens is 336 g/mol. The van der Waals surface area contributed by atoms with Crippen molar-refractivity contribution in [1.29, 1.82) is 0 Å². The molecule has 1 heterocycles. The Morgan fingerprint density at radius 2 is 1.80 bits per heavy atom. The van der Waals surface area contributed by atoms with E-state index in [1.165, 1.54) is 26.8 Å². The Bertz CT molecular complexity index is 451. The number of hydrogen-bond donors (Lipinski definition) is 7. The maximum atomic E-state index is 10.4. The van der Waals surface area contributed by atoms with Crippen molar-refractivity contribution in [2.75, 3.05) is 6.61 Å². The van der Waals surface area contributed by atoms with Crippen LogP contribution in [0.25, 0.3) is 0 Å². The average molecular weight is 366 g/mol. The third kappa shape index (κ3) is 5.19. The predicted octanol–water partition coefficient (Wildman–Crippen LogP) is -2.02. The third-order valence-corrected chi connectivity index (χ3v) is 4.50. The molecule has 9 heteroatoms. The molecule has 0 aromatic rings. The summed E-state index contributed by atoms with van der Waals surface area (Å²) in [6, 6.07) is 0. The number of aliphatic hydroxyl groups excluding tert-OH is 5. The molecule has 7 unspecified atom stereocenters. The van der Waals surface area contributed by atoms with Crippen LogP contribution in [-0.4, -0.2) is 90.0 Å². The highest BCUT2D eigenvalue weighted by Crippen LogP contribution is 2.35. The summed E-state index contributed by atoms with van der Waals surface area (Å²) in [5, 5.41) is 69.4. The van der Waals surface area contributed by atoms with Crippen LogP contribution in [0.4, 0.5) is 0 Å². The molecule has 1 aliphatic rings. The van der Waals surface area contributed by atoms with Gasteiger partial charge < -0.3 is 45.2 Å².